The van der Waals surface area contributed by atoms with Gasteiger partial charge in [-0.3, -0.25) is 13.9 Å². The Labute approximate surface area is 232 Å². The predicted molar refractivity (Wildman–Crippen MR) is 152 cm³/mol. The van der Waals surface area contributed by atoms with E-state index in [-0.39, 0.29) is 23.0 Å². The van der Waals surface area contributed by atoms with Gasteiger partial charge in [-0.1, -0.05) is 57.9 Å². The van der Waals surface area contributed by atoms with Crippen molar-refractivity contribution in [1.29, 1.82) is 0 Å². The van der Waals surface area contributed by atoms with Gasteiger partial charge in [0, 0.05) is 17.6 Å². The van der Waals surface area contributed by atoms with Gasteiger partial charge in [-0.2, -0.15) is 0 Å². The molecule has 2 amide bonds. The minimum absolute atomic E-state index is 0.0399. The highest BCUT2D eigenvalue weighted by molar-refractivity contribution is 9.10. The van der Waals surface area contributed by atoms with Gasteiger partial charge in [-0.05, 0) is 62.7 Å². The molecule has 3 aromatic rings. The number of halogens is 1. The Morgan fingerprint density at radius 1 is 1.00 bits per heavy atom. The maximum Gasteiger partial charge on any atom is 0.264 e. The maximum absolute atomic E-state index is 13.9. The number of likely N-dealkylation sites (N-methyl/N-ethyl adjacent to an activating group) is 1. The standard InChI is InChI=1S/C28H32BrN3O5S/c1-5-30-28(34)21(3)31(18-22-12-14-23(29)15-13-22)27(33)19-32(25-8-6-7-9-26(25)37-4)38(35,36)24-16-10-20(2)11-17-24/h6-17,21H,5,18-19H2,1-4H3,(H,30,34)/t21-/m1/s1. The molecule has 8 nitrogen and oxygen atoms in total. The smallest absolute Gasteiger partial charge is 0.264 e. The third-order valence-corrected chi connectivity index (χ3v) is 8.33. The van der Waals surface area contributed by atoms with E-state index in [1.54, 1.807) is 50.2 Å². The van der Waals surface area contributed by atoms with E-state index in [1.165, 1.54) is 24.1 Å². The van der Waals surface area contributed by atoms with E-state index >= 15 is 0 Å². The average molecular weight is 603 g/mol. The van der Waals surface area contributed by atoms with Crippen LogP contribution >= 0.6 is 15.9 Å². The summed E-state index contributed by atoms with van der Waals surface area (Å²) in [7, 11) is -2.73. The summed E-state index contributed by atoms with van der Waals surface area (Å²) in [6.45, 7) is 5.28. The van der Waals surface area contributed by atoms with Crippen molar-refractivity contribution < 1.29 is 22.7 Å². The fourth-order valence-electron chi connectivity index (χ4n) is 3.88. The van der Waals surface area contributed by atoms with Crippen molar-refractivity contribution in [2.45, 2.75) is 38.3 Å². The number of nitrogens with one attached hydrogen (secondary N) is 1. The van der Waals surface area contributed by atoms with Gasteiger partial charge in [0.2, 0.25) is 11.8 Å². The topological polar surface area (TPSA) is 96.0 Å². The summed E-state index contributed by atoms with van der Waals surface area (Å²) in [5.74, 6) is -0.566. The predicted octanol–water partition coefficient (Wildman–Crippen LogP) is 4.51. The quantitative estimate of drug-likeness (QED) is 0.349. The lowest BCUT2D eigenvalue weighted by Crippen LogP contribution is -2.51. The SMILES string of the molecule is CCNC(=O)[C@@H](C)N(Cc1ccc(Br)cc1)C(=O)CN(c1ccccc1OC)S(=O)(=O)c1ccc(C)cc1. The van der Waals surface area contributed by atoms with Crippen LogP contribution in [0.3, 0.4) is 0 Å². The first-order valence-electron chi connectivity index (χ1n) is 12.1. The summed E-state index contributed by atoms with van der Waals surface area (Å²) in [6, 6.07) is 19.6. The van der Waals surface area contributed by atoms with Gasteiger partial charge < -0.3 is 15.0 Å². The van der Waals surface area contributed by atoms with Crippen LogP contribution in [0.1, 0.15) is 25.0 Å². The third kappa shape index (κ3) is 6.93. The second kappa shape index (κ2) is 12.9. The van der Waals surface area contributed by atoms with Crippen molar-refractivity contribution in [3.63, 3.8) is 0 Å². The number of para-hydroxylation sites is 2. The second-order valence-electron chi connectivity index (χ2n) is 8.72. The lowest BCUT2D eigenvalue weighted by Gasteiger charge is -2.32. The Hall–Kier alpha value is -3.37. The van der Waals surface area contributed by atoms with Crippen molar-refractivity contribution in [3.05, 3.63) is 88.4 Å². The molecule has 0 spiro atoms. The summed E-state index contributed by atoms with van der Waals surface area (Å²) >= 11 is 3.40. The number of ether oxygens (including phenoxy) is 1. The molecule has 0 bridgehead atoms. The minimum Gasteiger partial charge on any atom is -0.495 e. The summed E-state index contributed by atoms with van der Waals surface area (Å²) in [4.78, 5) is 28.1. The molecular weight excluding hydrogens is 570 g/mol. The van der Waals surface area contributed by atoms with Crippen LogP contribution in [0.2, 0.25) is 0 Å². The number of rotatable bonds is 11. The zero-order chi connectivity index (χ0) is 27.9. The summed E-state index contributed by atoms with van der Waals surface area (Å²) in [5.41, 5.74) is 1.92. The first-order valence-corrected chi connectivity index (χ1v) is 14.4. The van der Waals surface area contributed by atoms with Crippen molar-refractivity contribution in [1.82, 2.24) is 10.2 Å². The first kappa shape index (κ1) is 29.2. The van der Waals surface area contributed by atoms with Crippen molar-refractivity contribution >= 4 is 43.5 Å². The molecule has 0 saturated carbocycles. The lowest BCUT2D eigenvalue weighted by molar-refractivity contribution is -0.139. The van der Waals surface area contributed by atoms with Gasteiger partial charge in [-0.25, -0.2) is 8.42 Å². The van der Waals surface area contributed by atoms with E-state index < -0.39 is 28.5 Å². The lowest BCUT2D eigenvalue weighted by atomic mass is 10.1. The second-order valence-corrected chi connectivity index (χ2v) is 11.5. The molecule has 1 atom stereocenters. The molecule has 10 heteroatoms. The fourth-order valence-corrected chi connectivity index (χ4v) is 5.57. The molecule has 3 aromatic carbocycles. The number of nitrogens with zero attached hydrogens (tertiary/aromatic N) is 2. The molecule has 0 aliphatic rings. The Kier molecular flexibility index (Phi) is 9.93. The number of hydrogen-bond acceptors (Lipinski definition) is 5. The summed E-state index contributed by atoms with van der Waals surface area (Å²) in [6.07, 6.45) is 0. The van der Waals surface area contributed by atoms with Crippen LogP contribution in [0, 0.1) is 6.92 Å². The zero-order valence-corrected chi connectivity index (χ0v) is 24.3. The van der Waals surface area contributed by atoms with Crippen LogP contribution in [0.15, 0.2) is 82.2 Å². The molecule has 0 unspecified atom stereocenters. The van der Waals surface area contributed by atoms with E-state index in [0.717, 1.165) is 19.9 Å². The highest BCUT2D eigenvalue weighted by atomic mass is 79.9. The number of sulfonamides is 1. The van der Waals surface area contributed by atoms with Crippen molar-refractivity contribution in [2.75, 3.05) is 24.5 Å². The number of hydrogen-bond donors (Lipinski definition) is 1. The number of amides is 2. The van der Waals surface area contributed by atoms with Crippen LogP contribution < -0.4 is 14.4 Å². The van der Waals surface area contributed by atoms with E-state index in [9.17, 15) is 18.0 Å². The van der Waals surface area contributed by atoms with Gasteiger partial charge in [0.25, 0.3) is 10.0 Å². The van der Waals surface area contributed by atoms with Crippen LogP contribution in [0.25, 0.3) is 0 Å². The van der Waals surface area contributed by atoms with Gasteiger partial charge in [0.1, 0.15) is 18.3 Å². The minimum atomic E-state index is -4.17. The van der Waals surface area contributed by atoms with E-state index in [4.69, 9.17) is 4.74 Å². The zero-order valence-electron chi connectivity index (χ0n) is 21.8. The molecule has 0 radical (unpaired) electrons. The van der Waals surface area contributed by atoms with Crippen LogP contribution in [-0.4, -0.2) is 51.4 Å². The average Bonchev–Trinajstić information content (AvgIpc) is 2.91. The molecule has 0 aromatic heterocycles. The number of methoxy groups -OCH3 is 1. The monoisotopic (exact) mass is 601 g/mol. The third-order valence-electron chi connectivity index (χ3n) is 6.03. The van der Waals surface area contributed by atoms with Gasteiger partial charge in [0.05, 0.1) is 17.7 Å². The van der Waals surface area contributed by atoms with E-state index in [2.05, 4.69) is 21.2 Å². The molecular formula is C28H32BrN3O5S. The fraction of sp³-hybridized carbons (Fsp3) is 0.286. The Morgan fingerprint density at radius 3 is 2.24 bits per heavy atom. The van der Waals surface area contributed by atoms with Crippen LogP contribution in [0.4, 0.5) is 5.69 Å². The van der Waals surface area contributed by atoms with Crippen molar-refractivity contribution in [3.8, 4) is 5.75 Å². The van der Waals surface area contributed by atoms with Crippen LogP contribution in [0.5, 0.6) is 5.75 Å². The molecule has 1 N–H and O–H groups in total. The molecule has 0 aliphatic heterocycles. The van der Waals surface area contributed by atoms with Gasteiger partial charge in [0.15, 0.2) is 0 Å². The maximum atomic E-state index is 13.9. The number of anilines is 1. The van der Waals surface area contributed by atoms with E-state index in [1.807, 2.05) is 31.2 Å². The molecule has 0 saturated heterocycles. The largest absolute Gasteiger partial charge is 0.495 e. The number of carbonyl (C=O) groups excluding carboxylic acids is 2. The first-order chi connectivity index (χ1) is 18.1. The summed E-state index contributed by atoms with van der Waals surface area (Å²) < 4.78 is 35.1. The summed E-state index contributed by atoms with van der Waals surface area (Å²) in [5, 5.41) is 2.75. The van der Waals surface area contributed by atoms with Crippen LogP contribution in [-0.2, 0) is 26.2 Å². The number of benzene rings is 3. The normalized spacial score (nSPS) is 11.9. The van der Waals surface area contributed by atoms with E-state index in [0.29, 0.717) is 12.3 Å². The highest BCUT2D eigenvalue weighted by Crippen LogP contribution is 2.32. The van der Waals surface area contributed by atoms with Gasteiger partial charge in [-0.15, -0.1) is 0 Å². The number of carbonyl (C=O) groups is 2. The van der Waals surface area contributed by atoms with Gasteiger partial charge >= 0.3 is 0 Å². The molecule has 202 valence electrons. The molecule has 0 heterocycles. The Morgan fingerprint density at radius 2 is 1.63 bits per heavy atom. The molecule has 38 heavy (non-hydrogen) atoms. The molecule has 0 aliphatic carbocycles. The Balaban J connectivity index is 2.06. The number of aryl methyl sites for hydroxylation is 1. The molecule has 3 rings (SSSR count). The Bertz CT molecular complexity index is 1360. The highest BCUT2D eigenvalue weighted by Gasteiger charge is 2.33. The molecule has 0 fully saturated rings. The van der Waals surface area contributed by atoms with Crippen molar-refractivity contribution in [2.24, 2.45) is 0 Å².